The molecule has 1 atom stereocenters. The smallest absolute Gasteiger partial charge is 0.309 e. The van der Waals surface area contributed by atoms with E-state index >= 15 is 0 Å². The van der Waals surface area contributed by atoms with Crippen molar-refractivity contribution in [3.8, 4) is 5.69 Å². The molecule has 9 nitrogen and oxygen atoms in total. The Balaban J connectivity index is 1.74. The number of carbonyl (C=O) groups is 1. The molecule has 2 aromatic heterocycles. The Morgan fingerprint density at radius 2 is 1.86 bits per heavy atom. The van der Waals surface area contributed by atoms with Gasteiger partial charge in [0.25, 0.3) is 0 Å². The third-order valence-electron chi connectivity index (χ3n) is 4.75. The highest BCUT2D eigenvalue weighted by Crippen LogP contribution is 2.20. The lowest BCUT2D eigenvalue weighted by Gasteiger charge is -2.12. The predicted molar refractivity (Wildman–Crippen MR) is 103 cm³/mol. The van der Waals surface area contributed by atoms with Gasteiger partial charge >= 0.3 is 5.69 Å². The number of nitrogens with one attached hydrogen (secondary N) is 1. The number of hydrogen-bond acceptors (Lipinski definition) is 5. The highest BCUT2D eigenvalue weighted by molar-refractivity contribution is 5.79. The van der Waals surface area contributed by atoms with Crippen LogP contribution in [0.15, 0.2) is 36.5 Å². The predicted octanol–water partition coefficient (Wildman–Crippen LogP) is 2.78. The molecule has 1 unspecified atom stereocenters. The van der Waals surface area contributed by atoms with Crippen LogP contribution < -0.4 is 5.32 Å². The molecule has 0 saturated heterocycles. The second-order valence-electron chi connectivity index (χ2n) is 6.63. The van der Waals surface area contributed by atoms with Gasteiger partial charge in [0.2, 0.25) is 5.91 Å². The number of carbonyl (C=O) groups excluding carboxylic acids is 1. The maximum absolute atomic E-state index is 12.5. The number of nitro groups is 1. The molecular formula is C19H22N6O3. The van der Waals surface area contributed by atoms with Gasteiger partial charge in [-0.2, -0.15) is 10.2 Å². The molecule has 0 spiro atoms. The SMILES string of the molecule is Cc1nn(C(C)C(=O)NCc2c(C)nn(-c3ccccc3)c2C)cc1[N+](=O)[O-]. The van der Waals surface area contributed by atoms with Crippen molar-refractivity contribution in [3.05, 3.63) is 69.3 Å². The largest absolute Gasteiger partial charge is 0.350 e. The van der Waals surface area contributed by atoms with Crippen molar-refractivity contribution in [2.75, 3.05) is 0 Å². The van der Waals surface area contributed by atoms with E-state index in [0.717, 1.165) is 22.6 Å². The molecule has 3 rings (SSSR count). The Bertz CT molecular complexity index is 1020. The van der Waals surface area contributed by atoms with Crippen LogP contribution in [0.2, 0.25) is 0 Å². The summed E-state index contributed by atoms with van der Waals surface area (Å²) in [5.74, 6) is -0.274. The minimum Gasteiger partial charge on any atom is -0.350 e. The van der Waals surface area contributed by atoms with E-state index < -0.39 is 11.0 Å². The second kappa shape index (κ2) is 7.63. The van der Waals surface area contributed by atoms with Crippen molar-refractivity contribution in [1.29, 1.82) is 0 Å². The molecule has 1 amide bonds. The summed E-state index contributed by atoms with van der Waals surface area (Å²) in [4.78, 5) is 23.0. The average molecular weight is 382 g/mol. The fourth-order valence-corrected chi connectivity index (χ4v) is 3.04. The number of hydrogen-bond donors (Lipinski definition) is 1. The number of para-hydroxylation sites is 1. The van der Waals surface area contributed by atoms with E-state index in [1.165, 1.54) is 10.9 Å². The third-order valence-corrected chi connectivity index (χ3v) is 4.75. The van der Waals surface area contributed by atoms with Gasteiger partial charge in [0.15, 0.2) is 0 Å². The summed E-state index contributed by atoms with van der Waals surface area (Å²) in [7, 11) is 0. The molecular weight excluding hydrogens is 360 g/mol. The van der Waals surface area contributed by atoms with Crippen molar-refractivity contribution in [2.24, 2.45) is 0 Å². The van der Waals surface area contributed by atoms with Crippen molar-refractivity contribution >= 4 is 11.6 Å². The number of nitrogens with zero attached hydrogens (tertiary/aromatic N) is 5. The molecule has 0 aliphatic carbocycles. The van der Waals surface area contributed by atoms with Crippen LogP contribution >= 0.6 is 0 Å². The molecule has 0 saturated carbocycles. The number of benzene rings is 1. The van der Waals surface area contributed by atoms with Crippen LogP contribution in [-0.2, 0) is 11.3 Å². The molecule has 1 aromatic carbocycles. The van der Waals surface area contributed by atoms with Crippen LogP contribution in [0.25, 0.3) is 5.69 Å². The highest BCUT2D eigenvalue weighted by Gasteiger charge is 2.22. The van der Waals surface area contributed by atoms with Gasteiger partial charge in [-0.1, -0.05) is 18.2 Å². The Morgan fingerprint density at radius 3 is 2.46 bits per heavy atom. The lowest BCUT2D eigenvalue weighted by molar-refractivity contribution is -0.385. The van der Waals surface area contributed by atoms with Crippen LogP contribution in [0.1, 0.15) is 35.6 Å². The van der Waals surface area contributed by atoms with Gasteiger partial charge < -0.3 is 5.32 Å². The fraction of sp³-hybridized carbons (Fsp3) is 0.316. The van der Waals surface area contributed by atoms with Crippen molar-refractivity contribution in [2.45, 2.75) is 40.3 Å². The van der Waals surface area contributed by atoms with Gasteiger partial charge in [0.1, 0.15) is 17.9 Å². The van der Waals surface area contributed by atoms with Crippen molar-refractivity contribution in [3.63, 3.8) is 0 Å². The first-order valence-corrected chi connectivity index (χ1v) is 8.88. The summed E-state index contributed by atoms with van der Waals surface area (Å²) < 4.78 is 3.16. The van der Waals surface area contributed by atoms with Gasteiger partial charge in [-0.15, -0.1) is 0 Å². The molecule has 0 fully saturated rings. The van der Waals surface area contributed by atoms with Crippen LogP contribution in [0.4, 0.5) is 5.69 Å². The highest BCUT2D eigenvalue weighted by atomic mass is 16.6. The summed E-state index contributed by atoms with van der Waals surface area (Å²) in [6.07, 6.45) is 1.28. The van der Waals surface area contributed by atoms with Crippen LogP contribution in [-0.4, -0.2) is 30.4 Å². The normalized spacial score (nSPS) is 12.0. The summed E-state index contributed by atoms with van der Waals surface area (Å²) in [6.45, 7) is 7.37. The Kier molecular flexibility index (Phi) is 5.25. The van der Waals surface area contributed by atoms with Gasteiger partial charge in [-0.05, 0) is 39.8 Å². The Labute approximate surface area is 162 Å². The number of aryl methyl sites for hydroxylation is 2. The first-order chi connectivity index (χ1) is 13.3. The topological polar surface area (TPSA) is 108 Å². The molecule has 146 valence electrons. The molecule has 28 heavy (non-hydrogen) atoms. The van der Waals surface area contributed by atoms with Crippen molar-refractivity contribution < 1.29 is 9.72 Å². The molecule has 0 aliphatic rings. The lowest BCUT2D eigenvalue weighted by atomic mass is 10.2. The van der Waals surface area contributed by atoms with Gasteiger partial charge in [-0.3, -0.25) is 19.6 Å². The number of aromatic nitrogens is 4. The maximum atomic E-state index is 12.5. The van der Waals surface area contributed by atoms with E-state index in [1.54, 1.807) is 13.8 Å². The van der Waals surface area contributed by atoms with E-state index in [1.807, 2.05) is 48.9 Å². The van der Waals surface area contributed by atoms with Gasteiger partial charge in [-0.25, -0.2) is 4.68 Å². The van der Waals surface area contributed by atoms with Gasteiger partial charge in [0, 0.05) is 17.8 Å². The molecule has 3 aromatic rings. The second-order valence-corrected chi connectivity index (χ2v) is 6.63. The van der Waals surface area contributed by atoms with E-state index in [0.29, 0.717) is 6.54 Å². The summed E-state index contributed by atoms with van der Waals surface area (Å²) >= 11 is 0. The number of rotatable bonds is 6. The zero-order valence-corrected chi connectivity index (χ0v) is 16.2. The summed E-state index contributed by atoms with van der Waals surface area (Å²) in [6, 6.07) is 9.10. The molecule has 2 heterocycles. The minimum absolute atomic E-state index is 0.101. The van der Waals surface area contributed by atoms with E-state index in [4.69, 9.17) is 0 Å². The maximum Gasteiger partial charge on any atom is 0.309 e. The van der Waals surface area contributed by atoms with E-state index in [9.17, 15) is 14.9 Å². The monoisotopic (exact) mass is 382 g/mol. The zero-order valence-electron chi connectivity index (χ0n) is 16.2. The third kappa shape index (κ3) is 3.64. The van der Waals surface area contributed by atoms with Crippen LogP contribution in [0.3, 0.4) is 0 Å². The Morgan fingerprint density at radius 1 is 1.18 bits per heavy atom. The molecule has 0 aliphatic heterocycles. The summed E-state index contributed by atoms with van der Waals surface area (Å²) in [5, 5.41) is 22.5. The van der Waals surface area contributed by atoms with Crippen LogP contribution in [0, 0.1) is 30.9 Å². The summed E-state index contributed by atoms with van der Waals surface area (Å²) in [5.41, 5.74) is 3.85. The first kappa shape index (κ1) is 19.3. The molecule has 0 radical (unpaired) electrons. The molecule has 9 heteroatoms. The zero-order chi connectivity index (χ0) is 20.4. The standard InChI is InChI=1S/C19H22N6O3/c1-12-17(14(3)24(22-12)16-8-6-5-7-9-16)10-20-19(26)15(4)23-11-18(25(27)28)13(2)21-23/h5-9,11,15H,10H2,1-4H3,(H,20,26). The Hall–Kier alpha value is -3.49. The average Bonchev–Trinajstić information content (AvgIpc) is 3.20. The first-order valence-electron chi connectivity index (χ1n) is 8.88. The van der Waals surface area contributed by atoms with E-state index in [-0.39, 0.29) is 17.3 Å². The molecule has 0 bridgehead atoms. The minimum atomic E-state index is -0.669. The quantitative estimate of drug-likeness (QED) is 0.521. The fourth-order valence-electron chi connectivity index (χ4n) is 3.04. The van der Waals surface area contributed by atoms with Crippen LogP contribution in [0.5, 0.6) is 0 Å². The van der Waals surface area contributed by atoms with E-state index in [2.05, 4.69) is 15.5 Å². The lowest BCUT2D eigenvalue weighted by Crippen LogP contribution is -2.31. The number of amides is 1. The van der Waals surface area contributed by atoms with Crippen molar-refractivity contribution in [1.82, 2.24) is 24.9 Å². The van der Waals surface area contributed by atoms with Gasteiger partial charge in [0.05, 0.1) is 16.3 Å². The molecule has 1 N–H and O–H groups in total.